The highest BCUT2D eigenvalue weighted by atomic mass is 16.5. The standard InChI is InChI=1S/C13H15NO3/c1-2-7-17-12-5-3-10(4-6-12)11(9-14)8-13(15)16/h3-6,11H,2,7-8H2,1H3,(H,15,16)/t11-/m1/s1. The van der Waals surface area contributed by atoms with Crippen LogP contribution in [0.5, 0.6) is 5.75 Å². The Kier molecular flexibility index (Phi) is 5.02. The van der Waals surface area contributed by atoms with E-state index in [0.717, 1.165) is 12.2 Å². The van der Waals surface area contributed by atoms with Crippen LogP contribution in [-0.2, 0) is 4.79 Å². The fourth-order valence-electron chi connectivity index (χ4n) is 1.43. The molecule has 0 fully saturated rings. The largest absolute Gasteiger partial charge is 0.494 e. The average molecular weight is 233 g/mol. The number of hydrogen-bond acceptors (Lipinski definition) is 3. The minimum atomic E-state index is -0.970. The van der Waals surface area contributed by atoms with Crippen molar-refractivity contribution >= 4 is 5.97 Å². The highest BCUT2D eigenvalue weighted by Crippen LogP contribution is 2.21. The summed E-state index contributed by atoms with van der Waals surface area (Å²) in [5.74, 6) is -0.835. The smallest absolute Gasteiger partial charge is 0.305 e. The topological polar surface area (TPSA) is 70.3 Å². The van der Waals surface area contributed by atoms with E-state index >= 15 is 0 Å². The van der Waals surface area contributed by atoms with Crippen molar-refractivity contribution in [1.82, 2.24) is 0 Å². The predicted molar refractivity (Wildman–Crippen MR) is 62.8 cm³/mol. The summed E-state index contributed by atoms with van der Waals surface area (Å²) in [5, 5.41) is 17.6. The van der Waals surface area contributed by atoms with Crippen molar-refractivity contribution < 1.29 is 14.6 Å². The van der Waals surface area contributed by atoms with Crippen LogP contribution in [0.15, 0.2) is 24.3 Å². The van der Waals surface area contributed by atoms with Crippen LogP contribution in [0.2, 0.25) is 0 Å². The Morgan fingerprint density at radius 2 is 2.12 bits per heavy atom. The first-order valence-corrected chi connectivity index (χ1v) is 5.51. The predicted octanol–water partition coefficient (Wildman–Crippen LogP) is 2.56. The number of carbonyl (C=O) groups is 1. The molecule has 1 N–H and O–H groups in total. The monoisotopic (exact) mass is 233 g/mol. The van der Waals surface area contributed by atoms with Gasteiger partial charge in [0.25, 0.3) is 0 Å². The van der Waals surface area contributed by atoms with Gasteiger partial charge in [-0.2, -0.15) is 5.26 Å². The van der Waals surface area contributed by atoms with Gasteiger partial charge in [-0.05, 0) is 24.1 Å². The van der Waals surface area contributed by atoms with Crippen LogP contribution in [0, 0.1) is 11.3 Å². The van der Waals surface area contributed by atoms with Crippen LogP contribution in [0.25, 0.3) is 0 Å². The Balaban J connectivity index is 2.71. The fourth-order valence-corrected chi connectivity index (χ4v) is 1.43. The average Bonchev–Trinajstić information content (AvgIpc) is 2.34. The van der Waals surface area contributed by atoms with Crippen LogP contribution < -0.4 is 4.74 Å². The van der Waals surface area contributed by atoms with E-state index in [1.807, 2.05) is 13.0 Å². The molecule has 0 bridgehead atoms. The molecule has 1 rings (SSSR count). The van der Waals surface area contributed by atoms with E-state index in [9.17, 15) is 4.79 Å². The highest BCUT2D eigenvalue weighted by molar-refractivity contribution is 5.68. The molecule has 17 heavy (non-hydrogen) atoms. The van der Waals surface area contributed by atoms with Gasteiger partial charge in [0.2, 0.25) is 0 Å². The number of carboxylic acids is 1. The van der Waals surface area contributed by atoms with E-state index in [4.69, 9.17) is 15.1 Å². The van der Waals surface area contributed by atoms with E-state index < -0.39 is 11.9 Å². The van der Waals surface area contributed by atoms with E-state index in [0.29, 0.717) is 12.2 Å². The summed E-state index contributed by atoms with van der Waals surface area (Å²) in [5.41, 5.74) is 0.707. The number of nitriles is 1. The summed E-state index contributed by atoms with van der Waals surface area (Å²) >= 11 is 0. The van der Waals surface area contributed by atoms with Gasteiger partial charge in [-0.3, -0.25) is 4.79 Å². The third kappa shape index (κ3) is 4.15. The molecule has 90 valence electrons. The lowest BCUT2D eigenvalue weighted by atomic mass is 9.97. The Morgan fingerprint density at radius 1 is 1.47 bits per heavy atom. The highest BCUT2D eigenvalue weighted by Gasteiger charge is 2.14. The third-order valence-electron chi connectivity index (χ3n) is 2.29. The number of benzene rings is 1. The number of ether oxygens (including phenoxy) is 1. The zero-order valence-corrected chi connectivity index (χ0v) is 9.72. The van der Waals surface area contributed by atoms with Gasteiger partial charge in [0.1, 0.15) is 5.75 Å². The van der Waals surface area contributed by atoms with Gasteiger partial charge in [-0.15, -0.1) is 0 Å². The molecule has 0 heterocycles. The second-order valence-corrected chi connectivity index (χ2v) is 3.70. The molecule has 0 spiro atoms. The maximum atomic E-state index is 10.6. The molecule has 0 saturated heterocycles. The lowest BCUT2D eigenvalue weighted by Crippen LogP contribution is -2.04. The van der Waals surface area contributed by atoms with Gasteiger partial charge in [-0.1, -0.05) is 19.1 Å². The minimum Gasteiger partial charge on any atom is -0.494 e. The SMILES string of the molecule is CCCOc1ccc([C@@H](C#N)CC(=O)O)cc1. The summed E-state index contributed by atoms with van der Waals surface area (Å²) < 4.78 is 5.41. The van der Waals surface area contributed by atoms with Crippen LogP contribution >= 0.6 is 0 Å². The Bertz CT molecular complexity index is 406. The second kappa shape index (κ2) is 6.54. The second-order valence-electron chi connectivity index (χ2n) is 3.70. The summed E-state index contributed by atoms with van der Waals surface area (Å²) in [7, 11) is 0. The molecule has 1 aromatic rings. The van der Waals surface area contributed by atoms with Crippen LogP contribution in [0.3, 0.4) is 0 Å². The van der Waals surface area contributed by atoms with Crippen molar-refractivity contribution in [2.75, 3.05) is 6.61 Å². The fraction of sp³-hybridized carbons (Fsp3) is 0.385. The number of rotatable bonds is 6. The molecule has 0 aliphatic heterocycles. The van der Waals surface area contributed by atoms with E-state index in [-0.39, 0.29) is 6.42 Å². The summed E-state index contributed by atoms with van der Waals surface area (Å²) in [4.78, 5) is 10.6. The van der Waals surface area contributed by atoms with Gasteiger partial charge in [-0.25, -0.2) is 0 Å². The van der Waals surface area contributed by atoms with Gasteiger partial charge >= 0.3 is 5.97 Å². The molecule has 0 aliphatic rings. The van der Waals surface area contributed by atoms with Crippen molar-refractivity contribution in [3.8, 4) is 11.8 Å². The van der Waals surface area contributed by atoms with E-state index in [2.05, 4.69) is 0 Å². The number of carboxylic acid groups (broad SMARTS) is 1. The lowest BCUT2D eigenvalue weighted by molar-refractivity contribution is -0.137. The van der Waals surface area contributed by atoms with Crippen molar-refractivity contribution in [1.29, 1.82) is 5.26 Å². The van der Waals surface area contributed by atoms with E-state index in [1.54, 1.807) is 24.3 Å². The molecule has 0 amide bonds. The maximum absolute atomic E-state index is 10.6. The molecule has 4 nitrogen and oxygen atoms in total. The molecule has 1 aromatic carbocycles. The van der Waals surface area contributed by atoms with Crippen molar-refractivity contribution in [2.24, 2.45) is 0 Å². The lowest BCUT2D eigenvalue weighted by Gasteiger charge is -2.08. The quantitative estimate of drug-likeness (QED) is 0.819. The van der Waals surface area contributed by atoms with Gasteiger partial charge in [0.05, 0.1) is 25.0 Å². The molecule has 0 aliphatic carbocycles. The zero-order valence-electron chi connectivity index (χ0n) is 9.72. The third-order valence-corrected chi connectivity index (χ3v) is 2.29. The van der Waals surface area contributed by atoms with Gasteiger partial charge < -0.3 is 9.84 Å². The van der Waals surface area contributed by atoms with E-state index in [1.165, 1.54) is 0 Å². The maximum Gasteiger partial charge on any atom is 0.305 e. The Labute approximate surface area is 100 Å². The van der Waals surface area contributed by atoms with Gasteiger partial charge in [0.15, 0.2) is 0 Å². The first-order valence-electron chi connectivity index (χ1n) is 5.51. The molecule has 4 heteroatoms. The molecular weight excluding hydrogens is 218 g/mol. The first kappa shape index (κ1) is 13.0. The van der Waals surface area contributed by atoms with Crippen LogP contribution in [-0.4, -0.2) is 17.7 Å². The number of aliphatic carboxylic acids is 1. The normalized spacial score (nSPS) is 11.5. The summed E-state index contributed by atoms with van der Waals surface area (Å²) in [6.45, 7) is 2.67. The molecule has 0 saturated carbocycles. The van der Waals surface area contributed by atoms with Crippen LogP contribution in [0.1, 0.15) is 31.2 Å². The van der Waals surface area contributed by atoms with Crippen molar-refractivity contribution in [3.63, 3.8) is 0 Å². The van der Waals surface area contributed by atoms with Crippen LogP contribution in [0.4, 0.5) is 0 Å². The number of nitrogens with zero attached hydrogens (tertiary/aromatic N) is 1. The molecular formula is C13H15NO3. The number of hydrogen-bond donors (Lipinski definition) is 1. The van der Waals surface area contributed by atoms with Crippen molar-refractivity contribution in [3.05, 3.63) is 29.8 Å². The molecule has 0 aromatic heterocycles. The Morgan fingerprint density at radius 3 is 2.59 bits per heavy atom. The summed E-state index contributed by atoms with van der Waals surface area (Å²) in [6, 6.07) is 8.99. The Hall–Kier alpha value is -2.02. The minimum absolute atomic E-state index is 0.175. The first-order chi connectivity index (χ1) is 8.17. The zero-order chi connectivity index (χ0) is 12.7. The molecule has 1 atom stereocenters. The van der Waals surface area contributed by atoms with Gasteiger partial charge in [0, 0.05) is 0 Å². The van der Waals surface area contributed by atoms with Crippen molar-refractivity contribution in [2.45, 2.75) is 25.7 Å². The molecule has 0 unspecified atom stereocenters. The summed E-state index contributed by atoms with van der Waals surface area (Å²) in [6.07, 6.45) is 0.757. The molecule has 0 radical (unpaired) electrons.